The molecule has 3 heterocycles. The van der Waals surface area contributed by atoms with E-state index in [1.807, 2.05) is 35.8 Å². The van der Waals surface area contributed by atoms with Gasteiger partial charge in [0.05, 0.1) is 14.6 Å². The van der Waals surface area contributed by atoms with Crippen molar-refractivity contribution in [2.45, 2.75) is 26.9 Å². The van der Waals surface area contributed by atoms with E-state index < -0.39 is 0 Å². The van der Waals surface area contributed by atoms with Gasteiger partial charge in [0.1, 0.15) is 6.54 Å². The largest absolute Gasteiger partial charge is 0.344 e. The molecule has 0 fully saturated rings. The van der Waals surface area contributed by atoms with Crippen molar-refractivity contribution in [2.24, 2.45) is 0 Å². The Labute approximate surface area is 203 Å². The number of likely N-dealkylation sites (N-methyl/N-ethyl adjacent to an activating group) is 1. The topological polar surface area (TPSA) is 29.1 Å². The first kappa shape index (κ1) is 22.1. The highest BCUT2D eigenvalue weighted by Gasteiger charge is 2.13. The van der Waals surface area contributed by atoms with Gasteiger partial charge in [-0.15, -0.1) is 11.3 Å². The van der Waals surface area contributed by atoms with Gasteiger partial charge < -0.3 is 4.90 Å². The molecule has 5 rings (SSSR count). The van der Waals surface area contributed by atoms with Crippen LogP contribution in [-0.2, 0) is 13.1 Å². The Kier molecular flexibility index (Phi) is 6.03. The molecule has 2 aromatic carbocycles. The van der Waals surface area contributed by atoms with E-state index in [9.17, 15) is 4.79 Å². The van der Waals surface area contributed by atoms with E-state index in [-0.39, 0.29) is 5.56 Å². The maximum atomic E-state index is 13.2. The van der Waals surface area contributed by atoms with Crippen molar-refractivity contribution in [3.8, 4) is 0 Å². The number of benzene rings is 2. The van der Waals surface area contributed by atoms with E-state index in [1.165, 1.54) is 16.5 Å². The lowest BCUT2D eigenvalue weighted by molar-refractivity contribution is -0.667. The molecular weight excluding hydrogens is 438 g/mol. The second-order valence-electron chi connectivity index (χ2n) is 8.28. The zero-order valence-electron chi connectivity index (χ0n) is 19.7. The van der Waals surface area contributed by atoms with Gasteiger partial charge in [-0.25, -0.2) is 0 Å². The molecule has 0 atom stereocenters. The first-order valence-corrected chi connectivity index (χ1v) is 12.5. The van der Waals surface area contributed by atoms with E-state index >= 15 is 0 Å². The highest BCUT2D eigenvalue weighted by Crippen LogP contribution is 2.29. The molecular formula is C29H28N3OS+. The summed E-state index contributed by atoms with van der Waals surface area (Å²) >= 11 is 1.54. The maximum absolute atomic E-state index is 13.2. The number of anilines is 1. The fourth-order valence-corrected chi connectivity index (χ4v) is 5.56. The molecule has 4 nitrogen and oxygen atoms in total. The Hall–Kier alpha value is -3.70. The molecule has 0 unspecified atom stereocenters. The van der Waals surface area contributed by atoms with Crippen molar-refractivity contribution in [3.63, 3.8) is 0 Å². The summed E-state index contributed by atoms with van der Waals surface area (Å²) in [5.74, 6) is 0. The smallest absolute Gasteiger partial charge is 0.269 e. The van der Waals surface area contributed by atoms with Crippen molar-refractivity contribution in [1.82, 2.24) is 4.57 Å². The van der Waals surface area contributed by atoms with Gasteiger partial charge in [0.15, 0.2) is 6.20 Å². The number of hydrogen-bond acceptors (Lipinski definition) is 3. The molecule has 34 heavy (non-hydrogen) atoms. The van der Waals surface area contributed by atoms with Gasteiger partial charge >= 0.3 is 0 Å². The van der Waals surface area contributed by atoms with Gasteiger partial charge in [-0.3, -0.25) is 9.36 Å². The highest BCUT2D eigenvalue weighted by atomic mass is 32.1. The summed E-state index contributed by atoms with van der Waals surface area (Å²) in [6, 6.07) is 18.9. The van der Waals surface area contributed by atoms with Crippen molar-refractivity contribution in [3.05, 3.63) is 109 Å². The van der Waals surface area contributed by atoms with E-state index in [1.54, 1.807) is 11.3 Å². The number of thiazole rings is 1. The van der Waals surface area contributed by atoms with Gasteiger partial charge in [-0.05, 0) is 61.4 Å². The predicted octanol–water partition coefficient (Wildman–Crippen LogP) is 4.05. The lowest BCUT2D eigenvalue weighted by atomic mass is 10.1. The summed E-state index contributed by atoms with van der Waals surface area (Å²) in [4.78, 5) is 15.3. The predicted molar refractivity (Wildman–Crippen MR) is 143 cm³/mol. The first-order chi connectivity index (χ1) is 16.6. The van der Waals surface area contributed by atoms with Crippen LogP contribution >= 0.6 is 11.3 Å². The van der Waals surface area contributed by atoms with E-state index in [2.05, 4.69) is 90.3 Å². The lowest BCUT2D eigenvalue weighted by Crippen LogP contribution is -2.33. The molecule has 0 saturated heterocycles. The van der Waals surface area contributed by atoms with Crippen LogP contribution in [-0.4, -0.2) is 11.6 Å². The summed E-state index contributed by atoms with van der Waals surface area (Å²) in [5.41, 5.74) is 5.80. The summed E-state index contributed by atoms with van der Waals surface area (Å²) in [7, 11) is 2.06. The number of aryl methyl sites for hydroxylation is 1. The van der Waals surface area contributed by atoms with Crippen molar-refractivity contribution < 1.29 is 4.57 Å². The minimum atomic E-state index is 0.0577. The summed E-state index contributed by atoms with van der Waals surface area (Å²) in [6.45, 7) is 5.73. The molecule has 0 radical (unpaired) electrons. The quantitative estimate of drug-likeness (QED) is 0.425. The fourth-order valence-electron chi connectivity index (χ4n) is 4.49. The van der Waals surface area contributed by atoms with E-state index in [4.69, 9.17) is 0 Å². The van der Waals surface area contributed by atoms with Crippen molar-refractivity contribution >= 4 is 46.2 Å². The number of allylic oxidation sites excluding steroid dienone is 2. The molecule has 0 spiro atoms. The summed E-state index contributed by atoms with van der Waals surface area (Å²) in [6.07, 6.45) is 12.5. The standard InChI is InChI=1S/C29H28N3OS/c1-4-31-19-18-22(24-11-7-9-13-26(24)31)20-28-32(5-2)29(33)27(34-28)17-16-23-15-14-21-10-6-8-12-25(21)30(23)3/h6-20H,4-5H2,1-3H3/q+1. The Morgan fingerprint density at radius 2 is 1.76 bits per heavy atom. The van der Waals surface area contributed by atoms with Crippen LogP contribution in [0.3, 0.4) is 0 Å². The number of aromatic nitrogens is 2. The second-order valence-corrected chi connectivity index (χ2v) is 9.34. The van der Waals surface area contributed by atoms with Crippen LogP contribution in [0.4, 0.5) is 5.69 Å². The third-order valence-corrected chi connectivity index (χ3v) is 7.43. The molecule has 5 heteroatoms. The Balaban J connectivity index is 1.61. The van der Waals surface area contributed by atoms with Crippen LogP contribution in [0.5, 0.6) is 0 Å². The molecule has 0 aliphatic carbocycles. The van der Waals surface area contributed by atoms with Crippen LogP contribution in [0.15, 0.2) is 83.4 Å². The minimum absolute atomic E-state index is 0.0577. The Morgan fingerprint density at radius 3 is 2.59 bits per heavy atom. The van der Waals surface area contributed by atoms with Gasteiger partial charge in [0, 0.05) is 37.1 Å². The van der Waals surface area contributed by atoms with E-state index in [0.29, 0.717) is 6.54 Å². The SMILES string of the molecule is CCn1c(=Cc2cc[n+](CC)c3ccccc23)sc(=CC=C2C=Cc3ccccc3N2C)c1=O. The zero-order chi connectivity index (χ0) is 23.7. The van der Waals surface area contributed by atoms with E-state index in [0.717, 1.165) is 32.7 Å². The highest BCUT2D eigenvalue weighted by molar-refractivity contribution is 7.07. The molecule has 0 saturated carbocycles. The number of nitrogens with zero attached hydrogens (tertiary/aromatic N) is 3. The normalized spacial score (nSPS) is 15.5. The maximum Gasteiger partial charge on any atom is 0.269 e. The lowest BCUT2D eigenvalue weighted by Gasteiger charge is -2.25. The Bertz CT molecular complexity index is 1620. The molecule has 1 aliphatic rings. The Morgan fingerprint density at radius 1 is 0.971 bits per heavy atom. The number of hydrogen-bond donors (Lipinski definition) is 0. The zero-order valence-corrected chi connectivity index (χ0v) is 20.5. The van der Waals surface area contributed by atoms with Gasteiger partial charge in [0.25, 0.3) is 5.56 Å². The molecule has 0 N–H and O–H groups in total. The molecule has 170 valence electrons. The fraction of sp³-hybridized carbons (Fsp3) is 0.172. The average molecular weight is 467 g/mol. The summed E-state index contributed by atoms with van der Waals surface area (Å²) in [5, 5.41) is 1.19. The number of rotatable bonds is 4. The first-order valence-electron chi connectivity index (χ1n) is 11.7. The monoisotopic (exact) mass is 466 g/mol. The van der Waals surface area contributed by atoms with Gasteiger partial charge in [-0.2, -0.15) is 4.57 Å². The minimum Gasteiger partial charge on any atom is -0.344 e. The van der Waals surface area contributed by atoms with Crippen LogP contribution < -0.4 is 24.2 Å². The third kappa shape index (κ3) is 3.93. The van der Waals surface area contributed by atoms with Crippen molar-refractivity contribution in [1.29, 1.82) is 0 Å². The molecule has 0 amide bonds. The number of para-hydroxylation sites is 2. The van der Waals surface area contributed by atoms with Crippen LogP contribution in [0.25, 0.3) is 29.1 Å². The molecule has 4 aromatic rings. The van der Waals surface area contributed by atoms with Gasteiger partial charge in [0.2, 0.25) is 5.52 Å². The van der Waals surface area contributed by atoms with Crippen LogP contribution in [0.2, 0.25) is 0 Å². The summed E-state index contributed by atoms with van der Waals surface area (Å²) < 4.78 is 5.81. The van der Waals surface area contributed by atoms with Crippen LogP contribution in [0, 0.1) is 0 Å². The molecule has 1 aliphatic heterocycles. The third-order valence-electron chi connectivity index (χ3n) is 6.36. The number of pyridine rings is 1. The van der Waals surface area contributed by atoms with Crippen molar-refractivity contribution in [2.75, 3.05) is 11.9 Å². The molecule has 0 bridgehead atoms. The average Bonchev–Trinajstić information content (AvgIpc) is 3.17. The van der Waals surface area contributed by atoms with Gasteiger partial charge in [-0.1, -0.05) is 36.4 Å². The van der Waals surface area contributed by atoms with Crippen LogP contribution in [0.1, 0.15) is 25.0 Å². The molecule has 2 aromatic heterocycles. The number of fused-ring (bicyclic) bond motifs is 2. The second kappa shape index (κ2) is 9.27.